The van der Waals surface area contributed by atoms with E-state index in [1.807, 2.05) is 18.2 Å². The molecule has 5 heteroatoms. The molecule has 1 aromatic heterocycles. The van der Waals surface area contributed by atoms with Gasteiger partial charge in [-0.2, -0.15) is 0 Å². The molecular formula is C25H25NO4. The minimum Gasteiger partial charge on any atom is -0.496 e. The maximum atomic E-state index is 12.4. The lowest BCUT2D eigenvalue weighted by molar-refractivity contribution is 0.0696. The summed E-state index contributed by atoms with van der Waals surface area (Å²) < 4.78 is 7.32. The number of rotatable bonds is 5. The molecule has 2 aromatic carbocycles. The molecule has 0 aliphatic heterocycles. The number of aromatic carboxylic acids is 1. The predicted octanol–water partition coefficient (Wildman–Crippen LogP) is 5.01. The third-order valence-corrected chi connectivity index (χ3v) is 4.85. The Bertz CT molecular complexity index is 1170. The fraction of sp³-hybridized carbons (Fsp3) is 0.200. The molecule has 0 atom stereocenters. The van der Waals surface area contributed by atoms with Crippen molar-refractivity contribution in [2.45, 2.75) is 26.2 Å². The lowest BCUT2D eigenvalue weighted by atomic mass is 9.84. The number of nitrogens with zero attached hydrogens (tertiary/aromatic N) is 1. The molecule has 1 heterocycles. The van der Waals surface area contributed by atoms with Crippen LogP contribution >= 0.6 is 0 Å². The molecule has 0 fully saturated rings. The third-order valence-electron chi connectivity index (χ3n) is 4.85. The molecule has 1 N–H and O–H groups in total. The normalized spacial score (nSPS) is 11.6. The molecule has 0 aliphatic rings. The highest BCUT2D eigenvalue weighted by atomic mass is 16.5. The fourth-order valence-corrected chi connectivity index (χ4v) is 3.34. The van der Waals surface area contributed by atoms with Gasteiger partial charge < -0.3 is 9.84 Å². The molecular weight excluding hydrogens is 378 g/mol. The molecule has 154 valence electrons. The molecule has 0 unspecified atom stereocenters. The van der Waals surface area contributed by atoms with E-state index < -0.39 is 5.97 Å². The van der Waals surface area contributed by atoms with Crippen molar-refractivity contribution in [2.75, 3.05) is 7.11 Å². The van der Waals surface area contributed by atoms with Crippen LogP contribution in [0, 0.1) is 0 Å². The third kappa shape index (κ3) is 4.35. The van der Waals surface area contributed by atoms with Crippen molar-refractivity contribution >= 4 is 18.1 Å². The van der Waals surface area contributed by atoms with Crippen LogP contribution in [0.1, 0.15) is 47.8 Å². The Morgan fingerprint density at radius 3 is 2.30 bits per heavy atom. The van der Waals surface area contributed by atoms with Gasteiger partial charge in [0.2, 0.25) is 0 Å². The van der Waals surface area contributed by atoms with Crippen LogP contribution in [0.15, 0.2) is 65.6 Å². The van der Waals surface area contributed by atoms with Crippen molar-refractivity contribution in [1.29, 1.82) is 0 Å². The van der Waals surface area contributed by atoms with Gasteiger partial charge in [-0.15, -0.1) is 0 Å². The van der Waals surface area contributed by atoms with E-state index in [2.05, 4.69) is 20.8 Å². The van der Waals surface area contributed by atoms with E-state index in [4.69, 9.17) is 4.74 Å². The Morgan fingerprint density at radius 2 is 1.67 bits per heavy atom. The van der Waals surface area contributed by atoms with Gasteiger partial charge in [0.25, 0.3) is 5.56 Å². The summed E-state index contributed by atoms with van der Waals surface area (Å²) in [5.41, 5.74) is 2.87. The topological polar surface area (TPSA) is 68.5 Å². The predicted molar refractivity (Wildman–Crippen MR) is 120 cm³/mol. The highest BCUT2D eigenvalue weighted by molar-refractivity contribution is 5.93. The van der Waals surface area contributed by atoms with Crippen LogP contribution in [0.25, 0.3) is 17.8 Å². The van der Waals surface area contributed by atoms with Gasteiger partial charge in [0.1, 0.15) is 5.75 Å². The van der Waals surface area contributed by atoms with Gasteiger partial charge in [0.15, 0.2) is 0 Å². The van der Waals surface area contributed by atoms with E-state index in [-0.39, 0.29) is 16.5 Å². The van der Waals surface area contributed by atoms with E-state index in [9.17, 15) is 14.7 Å². The average Bonchev–Trinajstić information content (AvgIpc) is 2.71. The Kier molecular flexibility index (Phi) is 5.92. The Balaban J connectivity index is 2.23. The number of carbonyl (C=O) groups is 1. The smallest absolute Gasteiger partial charge is 0.336 e. The monoisotopic (exact) mass is 403 g/mol. The van der Waals surface area contributed by atoms with Crippen molar-refractivity contribution in [2.24, 2.45) is 0 Å². The first kappa shape index (κ1) is 21.1. The second kappa shape index (κ2) is 8.41. The standard InChI is InChI=1S/C25H25NO4/c1-25(2,3)21-16-19(26-14-8-7-11-22(26)27)15-18(23(21)30-4)13-12-17-9-5-6-10-20(17)24(28)29/h5-16H,1-4H3,(H,28,29)/b13-12+. The molecule has 0 radical (unpaired) electrons. The summed E-state index contributed by atoms with van der Waals surface area (Å²) in [5, 5.41) is 9.44. The SMILES string of the molecule is COc1c(/C=C/c2ccccc2C(=O)O)cc(-n2ccccc2=O)cc1C(C)(C)C. The number of carboxylic acid groups (broad SMARTS) is 1. The average molecular weight is 403 g/mol. The van der Waals surface area contributed by atoms with Crippen LogP contribution in [0.4, 0.5) is 0 Å². The van der Waals surface area contributed by atoms with Gasteiger partial charge >= 0.3 is 5.97 Å². The number of carboxylic acids is 1. The summed E-state index contributed by atoms with van der Waals surface area (Å²) in [6.07, 6.45) is 5.31. The summed E-state index contributed by atoms with van der Waals surface area (Å²) in [6, 6.07) is 15.7. The molecule has 0 saturated carbocycles. The first-order chi connectivity index (χ1) is 14.2. The molecule has 30 heavy (non-hydrogen) atoms. The van der Waals surface area contributed by atoms with Gasteiger partial charge in [0.05, 0.1) is 12.7 Å². The molecule has 0 bridgehead atoms. The Hall–Kier alpha value is -3.60. The first-order valence-corrected chi connectivity index (χ1v) is 9.63. The molecule has 3 aromatic rings. The van der Waals surface area contributed by atoms with Crippen LogP contribution < -0.4 is 10.3 Å². The summed E-state index contributed by atoms with van der Waals surface area (Å²) in [5.74, 6) is -0.290. The van der Waals surface area contributed by atoms with Crippen LogP contribution in [-0.2, 0) is 5.41 Å². The van der Waals surface area contributed by atoms with E-state index in [0.29, 0.717) is 11.3 Å². The van der Waals surface area contributed by atoms with Crippen molar-refractivity contribution in [3.8, 4) is 11.4 Å². The molecule has 0 aliphatic carbocycles. The van der Waals surface area contributed by atoms with Gasteiger partial charge in [-0.3, -0.25) is 9.36 Å². The van der Waals surface area contributed by atoms with Crippen molar-refractivity contribution in [1.82, 2.24) is 4.57 Å². The first-order valence-electron chi connectivity index (χ1n) is 9.63. The molecule has 0 spiro atoms. The molecule has 3 rings (SSSR count). The zero-order valence-electron chi connectivity index (χ0n) is 17.5. The second-order valence-electron chi connectivity index (χ2n) is 8.00. The Labute approximate surface area is 175 Å². The number of ether oxygens (including phenoxy) is 1. The lowest BCUT2D eigenvalue weighted by Gasteiger charge is -2.25. The number of hydrogen-bond acceptors (Lipinski definition) is 3. The highest BCUT2D eigenvalue weighted by Crippen LogP contribution is 2.37. The summed E-state index contributed by atoms with van der Waals surface area (Å²) in [7, 11) is 1.61. The number of methoxy groups -OCH3 is 1. The van der Waals surface area contributed by atoms with Gasteiger partial charge in [-0.25, -0.2) is 4.79 Å². The van der Waals surface area contributed by atoms with Gasteiger partial charge in [0, 0.05) is 29.1 Å². The summed E-state index contributed by atoms with van der Waals surface area (Å²) in [4.78, 5) is 23.9. The van der Waals surface area contributed by atoms with Crippen LogP contribution in [0.3, 0.4) is 0 Å². The van der Waals surface area contributed by atoms with Crippen LogP contribution in [0.5, 0.6) is 5.75 Å². The van der Waals surface area contributed by atoms with Crippen molar-refractivity contribution < 1.29 is 14.6 Å². The number of hydrogen-bond donors (Lipinski definition) is 1. The largest absolute Gasteiger partial charge is 0.496 e. The lowest BCUT2D eigenvalue weighted by Crippen LogP contribution is -2.19. The van der Waals surface area contributed by atoms with Gasteiger partial charge in [-0.05, 0) is 35.2 Å². The maximum Gasteiger partial charge on any atom is 0.336 e. The summed E-state index contributed by atoms with van der Waals surface area (Å²) in [6.45, 7) is 6.24. The zero-order valence-corrected chi connectivity index (χ0v) is 17.5. The Morgan fingerprint density at radius 1 is 1.00 bits per heavy atom. The van der Waals surface area contributed by atoms with Crippen molar-refractivity contribution in [3.05, 3.63) is 93.4 Å². The number of pyridine rings is 1. The van der Waals surface area contributed by atoms with E-state index >= 15 is 0 Å². The van der Waals surface area contributed by atoms with Crippen molar-refractivity contribution in [3.63, 3.8) is 0 Å². The highest BCUT2D eigenvalue weighted by Gasteiger charge is 2.22. The molecule has 5 nitrogen and oxygen atoms in total. The van der Waals surface area contributed by atoms with E-state index in [1.54, 1.807) is 60.3 Å². The molecule has 0 saturated heterocycles. The maximum absolute atomic E-state index is 12.4. The molecule has 0 amide bonds. The van der Waals surface area contributed by atoms with E-state index in [0.717, 1.165) is 16.8 Å². The van der Waals surface area contributed by atoms with Gasteiger partial charge in [-0.1, -0.05) is 57.2 Å². The minimum absolute atomic E-state index is 0.131. The van der Waals surface area contributed by atoms with Crippen LogP contribution in [0.2, 0.25) is 0 Å². The fourth-order valence-electron chi connectivity index (χ4n) is 3.34. The quantitative estimate of drug-likeness (QED) is 0.608. The van der Waals surface area contributed by atoms with E-state index in [1.165, 1.54) is 6.07 Å². The number of benzene rings is 2. The second-order valence-corrected chi connectivity index (χ2v) is 8.00. The summed E-state index contributed by atoms with van der Waals surface area (Å²) >= 11 is 0. The van der Waals surface area contributed by atoms with Crippen LogP contribution in [-0.4, -0.2) is 22.8 Å². The number of aromatic nitrogens is 1. The zero-order chi connectivity index (χ0) is 21.9. The minimum atomic E-state index is -0.984.